The molecule has 2 aromatic carbocycles. The molecule has 0 unspecified atom stereocenters. The summed E-state index contributed by atoms with van der Waals surface area (Å²) in [6, 6.07) is 10.0. The Bertz CT molecular complexity index is 801. The largest absolute Gasteiger partial charge is 0.295 e. The van der Waals surface area contributed by atoms with Crippen LogP contribution in [0.1, 0.15) is 5.82 Å². The number of imidazole rings is 1. The van der Waals surface area contributed by atoms with E-state index in [-0.39, 0.29) is 11.7 Å². The molecule has 0 bridgehead atoms. The van der Waals surface area contributed by atoms with E-state index in [4.69, 9.17) is 23.2 Å². The fraction of sp³-hybridized carbons (Fsp3) is 0.0714. The zero-order valence-corrected chi connectivity index (χ0v) is 13.2. The lowest BCUT2D eigenvalue weighted by Gasteiger charge is -2.09. The molecule has 20 heavy (non-hydrogen) atoms. The Labute approximate surface area is 133 Å². The van der Waals surface area contributed by atoms with E-state index in [1.165, 1.54) is 12.1 Å². The molecule has 0 aliphatic heterocycles. The van der Waals surface area contributed by atoms with Gasteiger partial charge < -0.3 is 0 Å². The zero-order valence-electron chi connectivity index (χ0n) is 10.1. The minimum atomic E-state index is -0.322. The number of benzene rings is 2. The number of hydrogen-bond donors (Lipinski definition) is 0. The molecule has 0 atom stereocenters. The van der Waals surface area contributed by atoms with E-state index in [9.17, 15) is 4.39 Å². The first kappa shape index (κ1) is 13.9. The van der Waals surface area contributed by atoms with Crippen molar-refractivity contribution in [3.05, 3.63) is 57.5 Å². The summed E-state index contributed by atoms with van der Waals surface area (Å²) in [7, 11) is 0. The molecule has 0 aliphatic carbocycles. The lowest BCUT2D eigenvalue weighted by atomic mass is 10.2. The first-order valence-electron chi connectivity index (χ1n) is 5.78. The molecule has 0 spiro atoms. The van der Waals surface area contributed by atoms with Gasteiger partial charge in [-0.2, -0.15) is 0 Å². The Morgan fingerprint density at radius 1 is 1.20 bits per heavy atom. The van der Waals surface area contributed by atoms with Gasteiger partial charge in [0.15, 0.2) is 0 Å². The van der Waals surface area contributed by atoms with Crippen LogP contribution in [-0.4, -0.2) is 9.55 Å². The maximum absolute atomic E-state index is 13.3. The molecule has 102 valence electrons. The molecule has 0 radical (unpaired) electrons. The summed E-state index contributed by atoms with van der Waals surface area (Å²) < 4.78 is 16.0. The second-order valence-electron chi connectivity index (χ2n) is 4.23. The van der Waals surface area contributed by atoms with E-state index < -0.39 is 0 Å². The smallest absolute Gasteiger partial charge is 0.129 e. The van der Waals surface area contributed by atoms with Crippen molar-refractivity contribution in [2.45, 2.75) is 5.88 Å². The Morgan fingerprint density at radius 3 is 2.70 bits per heavy atom. The summed E-state index contributed by atoms with van der Waals surface area (Å²) in [5.74, 6) is 0.548. The van der Waals surface area contributed by atoms with E-state index in [0.29, 0.717) is 16.4 Å². The van der Waals surface area contributed by atoms with Crippen LogP contribution in [0, 0.1) is 5.82 Å². The van der Waals surface area contributed by atoms with E-state index in [2.05, 4.69) is 20.9 Å². The maximum Gasteiger partial charge on any atom is 0.129 e. The van der Waals surface area contributed by atoms with Gasteiger partial charge in [-0.25, -0.2) is 9.37 Å². The van der Waals surface area contributed by atoms with Crippen molar-refractivity contribution < 1.29 is 4.39 Å². The van der Waals surface area contributed by atoms with Crippen molar-refractivity contribution in [3.63, 3.8) is 0 Å². The molecular weight excluding hydrogens is 366 g/mol. The van der Waals surface area contributed by atoms with Gasteiger partial charge in [0.05, 0.1) is 21.9 Å². The predicted octanol–water partition coefficient (Wildman–Crippen LogP) is 5.32. The van der Waals surface area contributed by atoms with Gasteiger partial charge >= 0.3 is 0 Å². The van der Waals surface area contributed by atoms with Crippen LogP contribution in [0.25, 0.3) is 16.7 Å². The Morgan fingerprint density at radius 2 is 2.00 bits per heavy atom. The van der Waals surface area contributed by atoms with Gasteiger partial charge in [-0.05, 0) is 46.3 Å². The minimum absolute atomic E-state index is 0.226. The number of nitrogens with zero attached hydrogens (tertiary/aromatic N) is 2. The summed E-state index contributed by atoms with van der Waals surface area (Å²) in [6.45, 7) is 0. The van der Waals surface area contributed by atoms with Gasteiger partial charge in [-0.15, -0.1) is 11.6 Å². The lowest BCUT2D eigenvalue weighted by Crippen LogP contribution is -1.99. The van der Waals surface area contributed by atoms with E-state index in [1.54, 1.807) is 6.07 Å². The molecule has 0 aliphatic rings. The highest BCUT2D eigenvalue weighted by Crippen LogP contribution is 2.28. The fourth-order valence-corrected chi connectivity index (χ4v) is 2.71. The maximum atomic E-state index is 13.3. The van der Waals surface area contributed by atoms with Crippen LogP contribution in [0.2, 0.25) is 5.02 Å². The fourth-order valence-electron chi connectivity index (χ4n) is 2.11. The zero-order chi connectivity index (χ0) is 14.3. The van der Waals surface area contributed by atoms with E-state index >= 15 is 0 Å². The summed E-state index contributed by atoms with van der Waals surface area (Å²) in [5.41, 5.74) is 2.20. The third kappa shape index (κ3) is 2.32. The first-order valence-corrected chi connectivity index (χ1v) is 7.49. The van der Waals surface area contributed by atoms with Crippen LogP contribution in [0.3, 0.4) is 0 Å². The average Bonchev–Trinajstić information content (AvgIpc) is 2.79. The van der Waals surface area contributed by atoms with Gasteiger partial charge in [0.25, 0.3) is 0 Å². The van der Waals surface area contributed by atoms with Crippen molar-refractivity contribution in [1.29, 1.82) is 0 Å². The van der Waals surface area contributed by atoms with Crippen LogP contribution in [0.4, 0.5) is 4.39 Å². The monoisotopic (exact) mass is 372 g/mol. The predicted molar refractivity (Wildman–Crippen MR) is 83.3 cm³/mol. The van der Waals surface area contributed by atoms with E-state index in [1.807, 2.05) is 22.8 Å². The number of rotatable bonds is 2. The van der Waals surface area contributed by atoms with Crippen LogP contribution in [-0.2, 0) is 5.88 Å². The molecule has 0 N–H and O–H groups in total. The van der Waals surface area contributed by atoms with Crippen molar-refractivity contribution in [1.82, 2.24) is 9.55 Å². The third-order valence-electron chi connectivity index (χ3n) is 2.97. The summed E-state index contributed by atoms with van der Waals surface area (Å²) in [6.07, 6.45) is 0. The van der Waals surface area contributed by atoms with Crippen LogP contribution in [0.15, 0.2) is 40.9 Å². The molecular formula is C14H8BrCl2FN2. The van der Waals surface area contributed by atoms with Crippen LogP contribution < -0.4 is 0 Å². The van der Waals surface area contributed by atoms with E-state index in [0.717, 1.165) is 15.7 Å². The quantitative estimate of drug-likeness (QED) is 0.556. The molecule has 0 amide bonds. The molecule has 6 heteroatoms. The second kappa shape index (κ2) is 5.35. The standard InChI is InChI=1S/C14H8BrCl2FN2/c15-10-3-2-9(6-11(10)17)20-13-4-1-8(18)5-12(13)19-14(20)7-16/h1-6H,7H2. The molecule has 0 saturated heterocycles. The molecule has 1 heterocycles. The Hall–Kier alpha value is -1.10. The SMILES string of the molecule is Fc1ccc2c(c1)nc(CCl)n2-c1ccc(Br)c(Cl)c1. The highest BCUT2D eigenvalue weighted by molar-refractivity contribution is 9.10. The molecule has 3 rings (SSSR count). The van der Waals surface area contributed by atoms with Gasteiger partial charge in [0.1, 0.15) is 11.6 Å². The third-order valence-corrected chi connectivity index (χ3v) is 4.44. The average molecular weight is 374 g/mol. The molecule has 0 saturated carbocycles. The van der Waals surface area contributed by atoms with Crippen LogP contribution >= 0.6 is 39.1 Å². The number of aromatic nitrogens is 2. The highest BCUT2D eigenvalue weighted by atomic mass is 79.9. The molecule has 3 aromatic rings. The Kier molecular flexibility index (Phi) is 3.71. The van der Waals surface area contributed by atoms with Crippen LogP contribution in [0.5, 0.6) is 0 Å². The second-order valence-corrected chi connectivity index (χ2v) is 5.76. The lowest BCUT2D eigenvalue weighted by molar-refractivity contribution is 0.629. The molecule has 0 fully saturated rings. The van der Waals surface area contributed by atoms with Gasteiger partial charge in [-0.3, -0.25) is 4.57 Å². The minimum Gasteiger partial charge on any atom is -0.295 e. The van der Waals surface area contributed by atoms with Crippen molar-refractivity contribution in [2.24, 2.45) is 0 Å². The van der Waals surface area contributed by atoms with Crippen molar-refractivity contribution in [2.75, 3.05) is 0 Å². The number of hydrogen-bond acceptors (Lipinski definition) is 1. The van der Waals surface area contributed by atoms with Gasteiger partial charge in [0.2, 0.25) is 0 Å². The number of halogens is 4. The molecule has 1 aromatic heterocycles. The molecule has 2 nitrogen and oxygen atoms in total. The Balaban J connectivity index is 2.30. The van der Waals surface area contributed by atoms with Crippen molar-refractivity contribution >= 4 is 50.2 Å². The number of alkyl halides is 1. The number of fused-ring (bicyclic) bond motifs is 1. The van der Waals surface area contributed by atoms with Gasteiger partial charge in [0, 0.05) is 16.2 Å². The topological polar surface area (TPSA) is 17.8 Å². The first-order chi connectivity index (χ1) is 9.60. The summed E-state index contributed by atoms with van der Waals surface area (Å²) >= 11 is 15.4. The normalized spacial score (nSPS) is 11.2. The van der Waals surface area contributed by atoms with Gasteiger partial charge in [-0.1, -0.05) is 11.6 Å². The summed E-state index contributed by atoms with van der Waals surface area (Å²) in [5, 5.41) is 0.590. The van der Waals surface area contributed by atoms with Crippen molar-refractivity contribution in [3.8, 4) is 5.69 Å². The highest BCUT2D eigenvalue weighted by Gasteiger charge is 2.13. The summed E-state index contributed by atoms with van der Waals surface area (Å²) in [4.78, 5) is 4.36.